The van der Waals surface area contributed by atoms with Crippen LogP contribution in [-0.2, 0) is 6.54 Å². The van der Waals surface area contributed by atoms with Crippen LogP contribution in [0.1, 0.15) is 5.76 Å². The average Bonchev–Trinajstić information content (AvgIpc) is 2.86. The lowest BCUT2D eigenvalue weighted by Gasteiger charge is -2.03. The molecule has 4 nitrogen and oxygen atoms in total. The van der Waals surface area contributed by atoms with Crippen LogP contribution in [0.3, 0.4) is 0 Å². The number of nitrogens with zero attached hydrogens (tertiary/aromatic N) is 3. The van der Waals surface area contributed by atoms with E-state index in [0.29, 0.717) is 6.54 Å². The molecule has 2 aromatic rings. The molecule has 2 rings (SSSR count). The molecule has 2 aromatic heterocycles. The van der Waals surface area contributed by atoms with Gasteiger partial charge in [0.2, 0.25) is 4.80 Å². The van der Waals surface area contributed by atoms with Crippen molar-refractivity contribution in [3.05, 3.63) is 29.0 Å². The Morgan fingerprint density at radius 3 is 2.93 bits per heavy atom. The van der Waals surface area contributed by atoms with Crippen LogP contribution in [0.25, 0.3) is 0 Å². The van der Waals surface area contributed by atoms with E-state index < -0.39 is 0 Å². The second-order valence-corrected chi connectivity index (χ2v) is 5.20. The van der Waals surface area contributed by atoms with Crippen LogP contribution in [-0.4, -0.2) is 19.1 Å². The monoisotopic (exact) mass is 241 g/mol. The van der Waals surface area contributed by atoms with Crippen LogP contribution >= 0.6 is 20.7 Å². The third kappa shape index (κ3) is 2.66. The lowest BCUT2D eigenvalue weighted by atomic mass is 10.5. The van der Waals surface area contributed by atoms with Crippen LogP contribution in [0.2, 0.25) is 0 Å². The maximum atomic E-state index is 5.19. The van der Waals surface area contributed by atoms with E-state index >= 15 is 0 Å². The summed E-state index contributed by atoms with van der Waals surface area (Å²) < 4.78 is 5.19. The molecule has 0 bridgehead atoms. The minimum absolute atomic E-state index is 0.556. The maximum Gasteiger partial charge on any atom is 0.217 e. The standard InChI is InChI=1S/C9H11N3OS2/c1-12(2)9-11-8(14-15-9)10-6-7-4-3-5-13-7/h3-5H,6H2,1-2H3. The molecule has 0 fully saturated rings. The van der Waals surface area contributed by atoms with E-state index in [0.717, 1.165) is 15.7 Å². The number of rotatable bonds is 3. The molecule has 80 valence electrons. The van der Waals surface area contributed by atoms with E-state index in [1.807, 2.05) is 31.1 Å². The molecule has 0 spiro atoms. The molecule has 0 aliphatic carbocycles. The van der Waals surface area contributed by atoms with Crippen LogP contribution in [0.15, 0.2) is 27.8 Å². The highest BCUT2D eigenvalue weighted by Gasteiger charge is 2.00. The predicted octanol–water partition coefficient (Wildman–Crippen LogP) is 1.96. The number of anilines is 1. The molecule has 0 amide bonds. The van der Waals surface area contributed by atoms with Gasteiger partial charge in [0.15, 0.2) is 5.13 Å². The van der Waals surface area contributed by atoms with Gasteiger partial charge < -0.3 is 9.32 Å². The summed E-state index contributed by atoms with van der Waals surface area (Å²) >= 11 is 0. The van der Waals surface area contributed by atoms with E-state index in [2.05, 4.69) is 9.98 Å². The topological polar surface area (TPSA) is 41.6 Å². The Bertz CT molecular complexity index is 470. The summed E-state index contributed by atoms with van der Waals surface area (Å²) in [6, 6.07) is 3.77. The first-order valence-electron chi connectivity index (χ1n) is 4.43. The zero-order chi connectivity index (χ0) is 10.7. The van der Waals surface area contributed by atoms with Gasteiger partial charge in [-0.3, -0.25) is 0 Å². The molecular weight excluding hydrogens is 230 g/mol. The molecule has 0 atom stereocenters. The second kappa shape index (κ2) is 4.59. The summed E-state index contributed by atoms with van der Waals surface area (Å²) in [7, 11) is 7.16. The lowest BCUT2D eigenvalue weighted by Crippen LogP contribution is -2.10. The van der Waals surface area contributed by atoms with Crippen molar-refractivity contribution in [1.82, 2.24) is 4.98 Å². The Labute approximate surface area is 94.9 Å². The third-order valence-electron chi connectivity index (χ3n) is 1.71. The van der Waals surface area contributed by atoms with Crippen molar-refractivity contribution >= 4 is 25.8 Å². The van der Waals surface area contributed by atoms with Crippen molar-refractivity contribution in [3.63, 3.8) is 0 Å². The summed E-state index contributed by atoms with van der Waals surface area (Å²) in [5.74, 6) is 0.863. The first-order chi connectivity index (χ1) is 7.25. The number of hydrogen-bond acceptors (Lipinski definition) is 6. The van der Waals surface area contributed by atoms with E-state index in [1.54, 1.807) is 26.9 Å². The molecule has 6 heteroatoms. The molecule has 2 heterocycles. The number of aromatic nitrogens is 1. The smallest absolute Gasteiger partial charge is 0.217 e. The minimum Gasteiger partial charge on any atom is -0.467 e. The molecular formula is C9H11N3OS2. The molecule has 0 aliphatic heterocycles. The van der Waals surface area contributed by atoms with Crippen molar-refractivity contribution in [2.45, 2.75) is 6.54 Å². The highest BCUT2D eigenvalue weighted by molar-refractivity contribution is 7.69. The van der Waals surface area contributed by atoms with Gasteiger partial charge in [0, 0.05) is 14.1 Å². The molecule has 0 N–H and O–H groups in total. The molecule has 15 heavy (non-hydrogen) atoms. The second-order valence-electron chi connectivity index (χ2n) is 3.13. The van der Waals surface area contributed by atoms with Gasteiger partial charge in [-0.25, -0.2) is 4.99 Å². The van der Waals surface area contributed by atoms with Gasteiger partial charge in [-0.15, -0.1) is 0 Å². The summed E-state index contributed by atoms with van der Waals surface area (Å²) in [4.78, 5) is 11.5. The number of furan rings is 1. The Kier molecular flexibility index (Phi) is 3.17. The number of hydrogen-bond donors (Lipinski definition) is 0. The Hall–Kier alpha value is -1.14. The van der Waals surface area contributed by atoms with Crippen molar-refractivity contribution in [1.29, 1.82) is 0 Å². The van der Waals surface area contributed by atoms with Crippen LogP contribution in [0, 0.1) is 0 Å². The molecule has 0 unspecified atom stereocenters. The zero-order valence-electron chi connectivity index (χ0n) is 8.51. The lowest BCUT2D eigenvalue weighted by molar-refractivity contribution is 0.511. The fourth-order valence-electron chi connectivity index (χ4n) is 0.978. The zero-order valence-corrected chi connectivity index (χ0v) is 10.1. The molecule has 0 saturated heterocycles. The van der Waals surface area contributed by atoms with E-state index in [1.165, 1.54) is 0 Å². The highest BCUT2D eigenvalue weighted by Crippen LogP contribution is 2.15. The first-order valence-corrected chi connectivity index (χ1v) is 6.58. The first kappa shape index (κ1) is 10.4. The fraction of sp³-hybridized carbons (Fsp3) is 0.333. The van der Waals surface area contributed by atoms with Gasteiger partial charge in [-0.05, 0) is 32.8 Å². The largest absolute Gasteiger partial charge is 0.467 e. The minimum atomic E-state index is 0.556. The maximum absolute atomic E-state index is 5.19. The summed E-state index contributed by atoms with van der Waals surface area (Å²) in [6.45, 7) is 0.556. The van der Waals surface area contributed by atoms with Gasteiger partial charge in [0.25, 0.3) is 0 Å². The Morgan fingerprint density at radius 1 is 1.47 bits per heavy atom. The summed E-state index contributed by atoms with van der Waals surface area (Å²) in [6.07, 6.45) is 1.65. The fourth-order valence-corrected chi connectivity index (χ4v) is 2.97. The van der Waals surface area contributed by atoms with Gasteiger partial charge in [-0.2, -0.15) is 4.98 Å². The Balaban J connectivity index is 2.12. The highest BCUT2D eigenvalue weighted by atomic mass is 32.9. The van der Waals surface area contributed by atoms with Crippen LogP contribution in [0.4, 0.5) is 5.13 Å². The van der Waals surface area contributed by atoms with Crippen molar-refractivity contribution in [3.8, 4) is 0 Å². The summed E-state index contributed by atoms with van der Waals surface area (Å²) in [5, 5.41) is 0.984. The van der Waals surface area contributed by atoms with Gasteiger partial charge >= 0.3 is 0 Å². The normalized spacial score (nSPS) is 12.0. The van der Waals surface area contributed by atoms with Crippen molar-refractivity contribution in [2.24, 2.45) is 4.99 Å². The van der Waals surface area contributed by atoms with Gasteiger partial charge in [-0.1, -0.05) is 0 Å². The molecule has 0 saturated carbocycles. The average molecular weight is 241 g/mol. The van der Waals surface area contributed by atoms with Gasteiger partial charge in [0.1, 0.15) is 12.3 Å². The summed E-state index contributed by atoms with van der Waals surface area (Å²) in [5.41, 5.74) is 0. The predicted molar refractivity (Wildman–Crippen MR) is 62.3 cm³/mol. The van der Waals surface area contributed by atoms with E-state index in [4.69, 9.17) is 4.42 Å². The third-order valence-corrected chi connectivity index (χ3v) is 3.92. The van der Waals surface area contributed by atoms with Crippen LogP contribution < -0.4 is 9.70 Å². The van der Waals surface area contributed by atoms with Crippen LogP contribution in [0.5, 0.6) is 0 Å². The van der Waals surface area contributed by atoms with Crippen molar-refractivity contribution in [2.75, 3.05) is 19.0 Å². The van der Waals surface area contributed by atoms with E-state index in [-0.39, 0.29) is 0 Å². The quantitative estimate of drug-likeness (QED) is 0.771. The molecule has 0 aromatic carbocycles. The van der Waals surface area contributed by atoms with Crippen molar-refractivity contribution < 1.29 is 4.42 Å². The Morgan fingerprint density at radius 2 is 2.33 bits per heavy atom. The molecule has 0 aliphatic rings. The molecule has 0 radical (unpaired) electrons. The SMILES string of the molecule is CN(C)c1nc(=NCc2ccco2)ss1. The van der Waals surface area contributed by atoms with Gasteiger partial charge in [0.05, 0.1) is 6.26 Å². The van der Waals surface area contributed by atoms with E-state index in [9.17, 15) is 0 Å².